The highest BCUT2D eigenvalue weighted by Crippen LogP contribution is 2.32. The van der Waals surface area contributed by atoms with Crippen molar-refractivity contribution >= 4 is 34.6 Å². The predicted octanol–water partition coefficient (Wildman–Crippen LogP) is 4.08. The van der Waals surface area contributed by atoms with Gasteiger partial charge in [0, 0.05) is 6.54 Å². The van der Waals surface area contributed by atoms with E-state index in [1.807, 2.05) is 18.4 Å². The Balaban J connectivity index is 1.91. The molecule has 0 fully saturated rings. The first-order chi connectivity index (χ1) is 12.9. The van der Waals surface area contributed by atoms with Gasteiger partial charge in [0.15, 0.2) is 15.7 Å². The van der Waals surface area contributed by atoms with Crippen LogP contribution in [0.2, 0.25) is 0 Å². The molecule has 3 N–H and O–H groups in total. The minimum absolute atomic E-state index is 0.0647. The van der Waals surface area contributed by atoms with E-state index >= 15 is 0 Å². The third-order valence-electron chi connectivity index (χ3n) is 4.00. The standard InChI is InChI=1S/C18H19N5O2S2/c1-4-8-23-15(21-22-18(23)26)14-10(3)19-17(27-14)20-16(25)12-9-11(5-2)6-7-13(12)24/h4,6-7,9,24H,1,5,8H2,2-3H3,(H,22,26)(H,19,20,25). The molecule has 3 rings (SSSR count). The Bertz CT molecular complexity index is 1060. The highest BCUT2D eigenvalue weighted by Gasteiger charge is 2.19. The van der Waals surface area contributed by atoms with Gasteiger partial charge in [0.2, 0.25) is 0 Å². The van der Waals surface area contributed by atoms with Gasteiger partial charge in [-0.2, -0.15) is 5.10 Å². The minimum atomic E-state index is -0.409. The average molecular weight is 402 g/mol. The van der Waals surface area contributed by atoms with Gasteiger partial charge in [-0.25, -0.2) is 4.98 Å². The number of allylic oxidation sites excluding steroid dienone is 1. The van der Waals surface area contributed by atoms with Crippen LogP contribution in [-0.4, -0.2) is 30.8 Å². The molecule has 0 aliphatic heterocycles. The molecular formula is C18H19N5O2S2. The van der Waals surface area contributed by atoms with E-state index in [4.69, 9.17) is 12.2 Å². The van der Waals surface area contributed by atoms with Gasteiger partial charge in [-0.15, -0.1) is 6.58 Å². The van der Waals surface area contributed by atoms with E-state index in [0.717, 1.165) is 22.6 Å². The van der Waals surface area contributed by atoms with Gasteiger partial charge in [-0.05, 0) is 43.3 Å². The van der Waals surface area contributed by atoms with Crippen LogP contribution in [0.5, 0.6) is 5.75 Å². The molecule has 1 amide bonds. The number of phenols is 1. The van der Waals surface area contributed by atoms with Crippen molar-refractivity contribution in [3.05, 3.63) is 52.4 Å². The molecule has 0 radical (unpaired) electrons. The molecule has 3 aromatic rings. The van der Waals surface area contributed by atoms with Crippen molar-refractivity contribution in [2.24, 2.45) is 0 Å². The summed E-state index contributed by atoms with van der Waals surface area (Å²) in [4.78, 5) is 17.8. The fraction of sp³-hybridized carbons (Fsp3) is 0.222. The molecule has 0 saturated carbocycles. The van der Waals surface area contributed by atoms with Crippen molar-refractivity contribution in [3.8, 4) is 16.5 Å². The monoisotopic (exact) mass is 401 g/mol. The number of aromatic amines is 1. The maximum atomic E-state index is 12.6. The SMILES string of the molecule is C=CCn1c(-c2sc(NC(=O)c3cc(CC)ccc3O)nc2C)n[nH]c1=S. The summed E-state index contributed by atoms with van der Waals surface area (Å²) in [5, 5.41) is 20.2. The number of aromatic nitrogens is 4. The van der Waals surface area contributed by atoms with Crippen LogP contribution in [0.1, 0.15) is 28.5 Å². The fourth-order valence-electron chi connectivity index (χ4n) is 2.60. The molecule has 0 atom stereocenters. The highest BCUT2D eigenvalue weighted by atomic mass is 32.1. The van der Waals surface area contributed by atoms with Gasteiger partial charge >= 0.3 is 0 Å². The molecule has 9 heteroatoms. The van der Waals surface area contributed by atoms with Crippen molar-refractivity contribution in [2.75, 3.05) is 5.32 Å². The van der Waals surface area contributed by atoms with Crippen molar-refractivity contribution in [1.29, 1.82) is 0 Å². The summed E-state index contributed by atoms with van der Waals surface area (Å²) in [5.74, 6) is 0.171. The van der Waals surface area contributed by atoms with Crippen molar-refractivity contribution in [1.82, 2.24) is 19.7 Å². The molecule has 2 heterocycles. The van der Waals surface area contributed by atoms with Crippen LogP contribution in [0.15, 0.2) is 30.9 Å². The molecule has 2 aromatic heterocycles. The first kappa shape index (κ1) is 19.0. The van der Waals surface area contributed by atoms with E-state index in [-0.39, 0.29) is 11.3 Å². The molecule has 140 valence electrons. The maximum Gasteiger partial charge on any atom is 0.261 e. The van der Waals surface area contributed by atoms with Crippen LogP contribution in [0.25, 0.3) is 10.7 Å². The number of nitrogens with one attached hydrogen (secondary N) is 2. The molecule has 0 spiro atoms. The number of anilines is 1. The number of phenolic OH excluding ortho intramolecular Hbond substituents is 1. The Hall–Kier alpha value is -2.78. The van der Waals surface area contributed by atoms with E-state index in [9.17, 15) is 9.90 Å². The predicted molar refractivity (Wildman–Crippen MR) is 109 cm³/mol. The largest absolute Gasteiger partial charge is 0.507 e. The average Bonchev–Trinajstić information content (AvgIpc) is 3.18. The third-order valence-corrected chi connectivity index (χ3v) is 5.38. The highest BCUT2D eigenvalue weighted by molar-refractivity contribution is 7.71. The molecule has 0 saturated heterocycles. The number of thiazole rings is 1. The molecule has 27 heavy (non-hydrogen) atoms. The van der Waals surface area contributed by atoms with Gasteiger partial charge in [0.25, 0.3) is 5.91 Å². The van der Waals surface area contributed by atoms with E-state index < -0.39 is 5.91 Å². The summed E-state index contributed by atoms with van der Waals surface area (Å²) in [6, 6.07) is 5.00. The van der Waals surface area contributed by atoms with E-state index in [0.29, 0.717) is 22.3 Å². The van der Waals surface area contributed by atoms with Crippen molar-refractivity contribution in [3.63, 3.8) is 0 Å². The lowest BCUT2D eigenvalue weighted by atomic mass is 10.1. The number of benzene rings is 1. The lowest BCUT2D eigenvalue weighted by molar-refractivity contribution is 0.102. The quantitative estimate of drug-likeness (QED) is 0.427. The Kier molecular flexibility index (Phi) is 5.52. The van der Waals surface area contributed by atoms with Crippen LogP contribution in [0.3, 0.4) is 0 Å². The smallest absolute Gasteiger partial charge is 0.261 e. The summed E-state index contributed by atoms with van der Waals surface area (Å²) >= 11 is 6.54. The number of hydrogen-bond donors (Lipinski definition) is 3. The lowest BCUT2D eigenvalue weighted by Gasteiger charge is -2.06. The zero-order valence-corrected chi connectivity index (χ0v) is 16.6. The topological polar surface area (TPSA) is 95.8 Å². The summed E-state index contributed by atoms with van der Waals surface area (Å²) in [7, 11) is 0. The second kappa shape index (κ2) is 7.85. The number of aromatic hydroxyl groups is 1. The second-order valence-electron chi connectivity index (χ2n) is 5.84. The summed E-state index contributed by atoms with van der Waals surface area (Å²) in [6.45, 7) is 8.07. The first-order valence-corrected chi connectivity index (χ1v) is 9.54. The third kappa shape index (κ3) is 3.83. The normalized spacial score (nSPS) is 10.7. The van der Waals surface area contributed by atoms with Crippen LogP contribution in [0.4, 0.5) is 5.13 Å². The Morgan fingerprint density at radius 1 is 1.52 bits per heavy atom. The number of aryl methyl sites for hydroxylation is 2. The van der Waals surface area contributed by atoms with Gasteiger partial charge in [-0.1, -0.05) is 30.4 Å². The summed E-state index contributed by atoms with van der Waals surface area (Å²) in [6.07, 6.45) is 2.50. The maximum absolute atomic E-state index is 12.6. The number of H-pyrrole nitrogens is 1. The molecule has 0 aliphatic carbocycles. The van der Waals surface area contributed by atoms with E-state index in [2.05, 4.69) is 27.1 Å². The van der Waals surface area contributed by atoms with Crippen LogP contribution in [-0.2, 0) is 13.0 Å². The van der Waals surface area contributed by atoms with Crippen molar-refractivity contribution in [2.45, 2.75) is 26.8 Å². The Labute approximate surface area is 165 Å². The Morgan fingerprint density at radius 3 is 3.00 bits per heavy atom. The van der Waals surface area contributed by atoms with Crippen molar-refractivity contribution < 1.29 is 9.90 Å². The molecule has 0 bridgehead atoms. The Morgan fingerprint density at radius 2 is 2.30 bits per heavy atom. The minimum Gasteiger partial charge on any atom is -0.507 e. The first-order valence-electron chi connectivity index (χ1n) is 8.31. The molecule has 0 unspecified atom stereocenters. The lowest BCUT2D eigenvalue weighted by Crippen LogP contribution is -2.12. The van der Waals surface area contributed by atoms with Gasteiger partial charge in [0.05, 0.1) is 16.1 Å². The molecular weight excluding hydrogens is 382 g/mol. The number of amides is 1. The number of hydrogen-bond acceptors (Lipinski definition) is 6. The number of rotatable bonds is 6. The fourth-order valence-corrected chi connectivity index (χ4v) is 3.76. The number of carbonyl (C=O) groups excluding carboxylic acids is 1. The second-order valence-corrected chi connectivity index (χ2v) is 7.23. The van der Waals surface area contributed by atoms with E-state index in [1.165, 1.54) is 17.4 Å². The van der Waals surface area contributed by atoms with Gasteiger partial charge in [0.1, 0.15) is 5.75 Å². The zero-order valence-electron chi connectivity index (χ0n) is 14.9. The number of nitrogens with zero attached hydrogens (tertiary/aromatic N) is 3. The number of carbonyl (C=O) groups is 1. The summed E-state index contributed by atoms with van der Waals surface area (Å²) in [5.41, 5.74) is 1.91. The van der Waals surface area contributed by atoms with Gasteiger partial charge in [-0.3, -0.25) is 19.8 Å². The van der Waals surface area contributed by atoms with Crippen LogP contribution >= 0.6 is 23.6 Å². The van der Waals surface area contributed by atoms with Crippen LogP contribution < -0.4 is 5.32 Å². The summed E-state index contributed by atoms with van der Waals surface area (Å²) < 4.78 is 2.30. The zero-order chi connectivity index (χ0) is 19.6. The van der Waals surface area contributed by atoms with Crippen LogP contribution in [0, 0.1) is 11.7 Å². The molecule has 1 aromatic carbocycles. The van der Waals surface area contributed by atoms with E-state index in [1.54, 1.807) is 18.2 Å². The molecule has 7 nitrogen and oxygen atoms in total. The molecule has 0 aliphatic rings. The van der Waals surface area contributed by atoms with Gasteiger partial charge < -0.3 is 5.11 Å².